The lowest BCUT2D eigenvalue weighted by Gasteiger charge is -2.35. The number of hydrogen-bond donors (Lipinski definition) is 2. The van der Waals surface area contributed by atoms with Crippen LogP contribution in [0.2, 0.25) is 0 Å². The Morgan fingerprint density at radius 3 is 2.57 bits per heavy atom. The SMILES string of the molecule is CN(CC1CC(O)C1)c1ccccc1S(=O)(=O)NC1CC1. The molecule has 2 saturated carbocycles. The highest BCUT2D eigenvalue weighted by Crippen LogP contribution is 2.32. The van der Waals surface area contributed by atoms with Crippen molar-refractivity contribution >= 4 is 15.7 Å². The first-order valence-electron chi connectivity index (χ1n) is 7.46. The summed E-state index contributed by atoms with van der Waals surface area (Å²) >= 11 is 0. The van der Waals surface area contributed by atoms with Gasteiger partial charge in [0.05, 0.1) is 11.8 Å². The third-order valence-electron chi connectivity index (χ3n) is 4.21. The minimum atomic E-state index is -3.45. The second-order valence-electron chi connectivity index (χ2n) is 6.24. The summed E-state index contributed by atoms with van der Waals surface area (Å²) in [6, 6.07) is 7.22. The number of rotatable bonds is 6. The van der Waals surface area contributed by atoms with Crippen molar-refractivity contribution in [3.05, 3.63) is 24.3 Å². The number of hydrogen-bond acceptors (Lipinski definition) is 4. The van der Waals surface area contributed by atoms with Crippen molar-refractivity contribution in [2.75, 3.05) is 18.5 Å². The maximum absolute atomic E-state index is 12.5. The summed E-state index contributed by atoms with van der Waals surface area (Å²) in [6.07, 6.45) is 3.28. The van der Waals surface area contributed by atoms with Gasteiger partial charge in [-0.3, -0.25) is 0 Å². The number of anilines is 1. The summed E-state index contributed by atoms with van der Waals surface area (Å²) in [5.74, 6) is 0.442. The van der Waals surface area contributed by atoms with Crippen LogP contribution in [0.1, 0.15) is 25.7 Å². The summed E-state index contributed by atoms with van der Waals surface area (Å²) in [5, 5.41) is 9.37. The highest BCUT2D eigenvalue weighted by atomic mass is 32.2. The molecule has 0 atom stereocenters. The Morgan fingerprint density at radius 2 is 1.95 bits per heavy atom. The van der Waals surface area contributed by atoms with Gasteiger partial charge >= 0.3 is 0 Å². The van der Waals surface area contributed by atoms with Gasteiger partial charge in [-0.05, 0) is 43.7 Å². The standard InChI is InChI=1S/C15H22N2O3S/c1-17(10-11-8-13(18)9-11)14-4-2-3-5-15(14)21(19,20)16-12-6-7-12/h2-5,11-13,16,18H,6-10H2,1H3. The molecule has 2 N–H and O–H groups in total. The number of para-hydroxylation sites is 1. The van der Waals surface area contributed by atoms with E-state index in [1.807, 2.05) is 24.1 Å². The molecule has 0 spiro atoms. The minimum Gasteiger partial charge on any atom is -0.393 e. The molecule has 21 heavy (non-hydrogen) atoms. The molecule has 1 aromatic rings. The maximum atomic E-state index is 12.5. The van der Waals surface area contributed by atoms with Gasteiger partial charge in [-0.15, -0.1) is 0 Å². The predicted octanol–water partition coefficient (Wildman–Crippen LogP) is 1.33. The number of nitrogens with one attached hydrogen (secondary N) is 1. The summed E-state index contributed by atoms with van der Waals surface area (Å²) < 4.78 is 27.6. The van der Waals surface area contributed by atoms with Crippen molar-refractivity contribution in [3.8, 4) is 0 Å². The summed E-state index contributed by atoms with van der Waals surface area (Å²) in [6.45, 7) is 0.771. The van der Waals surface area contributed by atoms with E-state index < -0.39 is 10.0 Å². The van der Waals surface area contributed by atoms with Gasteiger partial charge < -0.3 is 10.0 Å². The zero-order chi connectivity index (χ0) is 15.0. The topological polar surface area (TPSA) is 69.6 Å². The second-order valence-corrected chi connectivity index (χ2v) is 7.92. The Hall–Kier alpha value is -1.11. The molecule has 0 aliphatic heterocycles. The van der Waals surface area contributed by atoms with Crippen molar-refractivity contribution in [3.63, 3.8) is 0 Å². The third-order valence-corrected chi connectivity index (χ3v) is 5.78. The Morgan fingerprint density at radius 1 is 1.29 bits per heavy atom. The molecule has 3 rings (SSSR count). The molecular weight excluding hydrogens is 288 g/mol. The Bertz CT molecular complexity index is 607. The van der Waals surface area contributed by atoms with Crippen LogP contribution < -0.4 is 9.62 Å². The fourth-order valence-corrected chi connectivity index (χ4v) is 4.38. The monoisotopic (exact) mass is 310 g/mol. The largest absolute Gasteiger partial charge is 0.393 e. The molecule has 6 heteroatoms. The smallest absolute Gasteiger partial charge is 0.242 e. The lowest BCUT2D eigenvalue weighted by atomic mass is 9.82. The number of nitrogens with zero attached hydrogens (tertiary/aromatic N) is 1. The Labute approximate surface area is 126 Å². The zero-order valence-electron chi connectivity index (χ0n) is 12.2. The maximum Gasteiger partial charge on any atom is 0.242 e. The van der Waals surface area contributed by atoms with Gasteiger partial charge in [0.1, 0.15) is 4.90 Å². The van der Waals surface area contributed by atoms with Crippen molar-refractivity contribution in [2.24, 2.45) is 5.92 Å². The van der Waals surface area contributed by atoms with E-state index in [-0.39, 0.29) is 12.1 Å². The quantitative estimate of drug-likeness (QED) is 0.832. The lowest BCUT2D eigenvalue weighted by Crippen LogP contribution is -2.38. The van der Waals surface area contributed by atoms with Crippen LogP contribution in [0.4, 0.5) is 5.69 Å². The highest BCUT2D eigenvalue weighted by Gasteiger charge is 2.31. The van der Waals surface area contributed by atoms with E-state index in [4.69, 9.17) is 0 Å². The van der Waals surface area contributed by atoms with E-state index in [2.05, 4.69) is 4.72 Å². The first kappa shape index (κ1) is 14.8. The second kappa shape index (κ2) is 5.59. The molecule has 0 radical (unpaired) electrons. The van der Waals surface area contributed by atoms with Gasteiger partial charge in [0.25, 0.3) is 0 Å². The molecule has 2 fully saturated rings. The summed E-state index contributed by atoms with van der Waals surface area (Å²) in [4.78, 5) is 2.33. The molecule has 0 saturated heterocycles. The minimum absolute atomic E-state index is 0.107. The third kappa shape index (κ3) is 3.39. The molecule has 0 unspecified atom stereocenters. The number of aliphatic hydroxyl groups excluding tert-OH is 1. The molecular formula is C15H22N2O3S. The van der Waals surface area contributed by atoms with E-state index >= 15 is 0 Å². The van der Waals surface area contributed by atoms with Crippen LogP contribution in [0, 0.1) is 5.92 Å². The number of benzene rings is 1. The van der Waals surface area contributed by atoms with Crippen LogP contribution in [-0.2, 0) is 10.0 Å². The summed E-state index contributed by atoms with van der Waals surface area (Å²) in [5.41, 5.74) is 0.729. The van der Waals surface area contributed by atoms with E-state index in [9.17, 15) is 13.5 Å². The van der Waals surface area contributed by atoms with Gasteiger partial charge in [-0.25, -0.2) is 13.1 Å². The Kier molecular flexibility index (Phi) is 3.94. The first-order valence-corrected chi connectivity index (χ1v) is 8.94. The van der Waals surface area contributed by atoms with Crippen LogP contribution in [0.5, 0.6) is 0 Å². The van der Waals surface area contributed by atoms with Gasteiger partial charge in [0.2, 0.25) is 10.0 Å². The van der Waals surface area contributed by atoms with Crippen LogP contribution in [-0.4, -0.2) is 39.3 Å². The molecule has 5 nitrogen and oxygen atoms in total. The average molecular weight is 310 g/mol. The molecule has 2 aliphatic carbocycles. The van der Waals surface area contributed by atoms with Gasteiger partial charge in [0, 0.05) is 19.6 Å². The highest BCUT2D eigenvalue weighted by molar-refractivity contribution is 7.89. The Balaban J connectivity index is 1.78. The molecule has 0 heterocycles. The van der Waals surface area contributed by atoms with Crippen molar-refractivity contribution in [1.82, 2.24) is 4.72 Å². The van der Waals surface area contributed by atoms with Crippen LogP contribution in [0.15, 0.2) is 29.2 Å². The molecule has 116 valence electrons. The zero-order valence-corrected chi connectivity index (χ0v) is 13.0. The van der Waals surface area contributed by atoms with E-state index in [0.717, 1.165) is 37.9 Å². The van der Waals surface area contributed by atoms with Gasteiger partial charge in [0.15, 0.2) is 0 Å². The normalized spacial score (nSPS) is 25.4. The van der Waals surface area contributed by atoms with Crippen LogP contribution >= 0.6 is 0 Å². The lowest BCUT2D eigenvalue weighted by molar-refractivity contribution is 0.0464. The fourth-order valence-electron chi connectivity index (χ4n) is 2.82. The van der Waals surface area contributed by atoms with Gasteiger partial charge in [-0.2, -0.15) is 0 Å². The van der Waals surface area contributed by atoms with Crippen molar-refractivity contribution < 1.29 is 13.5 Å². The van der Waals surface area contributed by atoms with Gasteiger partial charge in [-0.1, -0.05) is 12.1 Å². The van der Waals surface area contributed by atoms with Crippen molar-refractivity contribution in [2.45, 2.75) is 42.7 Å². The van der Waals surface area contributed by atoms with E-state index in [1.54, 1.807) is 12.1 Å². The first-order chi connectivity index (χ1) is 9.95. The van der Waals surface area contributed by atoms with E-state index in [1.165, 1.54) is 0 Å². The van der Waals surface area contributed by atoms with Crippen LogP contribution in [0.25, 0.3) is 0 Å². The molecule has 0 amide bonds. The fraction of sp³-hybridized carbons (Fsp3) is 0.600. The molecule has 1 aromatic carbocycles. The number of aliphatic hydroxyl groups is 1. The summed E-state index contributed by atoms with van der Waals surface area (Å²) in [7, 11) is -1.54. The average Bonchev–Trinajstić information content (AvgIpc) is 3.20. The molecule has 0 aromatic heterocycles. The number of sulfonamides is 1. The predicted molar refractivity (Wildman–Crippen MR) is 81.8 cm³/mol. The molecule has 2 aliphatic rings. The van der Waals surface area contributed by atoms with E-state index in [0.29, 0.717) is 10.8 Å². The van der Waals surface area contributed by atoms with Crippen LogP contribution in [0.3, 0.4) is 0 Å². The van der Waals surface area contributed by atoms with Crippen molar-refractivity contribution in [1.29, 1.82) is 0 Å². The molecule has 0 bridgehead atoms.